The number of hydrogen-bond donors (Lipinski definition) is 2. The van der Waals surface area contributed by atoms with Crippen LogP contribution >= 0.6 is 0 Å². The predicted molar refractivity (Wildman–Crippen MR) is 67.2 cm³/mol. The van der Waals surface area contributed by atoms with Crippen molar-refractivity contribution in [3.63, 3.8) is 0 Å². The summed E-state index contributed by atoms with van der Waals surface area (Å²) in [6.45, 7) is 1.34. The number of sulfonamides is 1. The van der Waals surface area contributed by atoms with E-state index in [0.717, 1.165) is 0 Å². The molecule has 0 aliphatic carbocycles. The normalized spacial score (nSPS) is 12.8. The van der Waals surface area contributed by atoms with E-state index in [1.165, 1.54) is 14.0 Å². The molecule has 0 bridgehead atoms. The summed E-state index contributed by atoms with van der Waals surface area (Å²) in [6, 6.07) is 6.51. The monoisotopic (exact) mass is 273 g/mol. The van der Waals surface area contributed by atoms with Gasteiger partial charge in [0.15, 0.2) is 0 Å². The van der Waals surface area contributed by atoms with Crippen molar-refractivity contribution >= 4 is 21.7 Å². The zero-order chi connectivity index (χ0) is 13.8. The van der Waals surface area contributed by atoms with Crippen molar-refractivity contribution in [2.45, 2.75) is 6.92 Å². The van der Waals surface area contributed by atoms with E-state index < -0.39 is 27.7 Å². The van der Waals surface area contributed by atoms with Gasteiger partial charge < -0.3 is 9.84 Å². The Morgan fingerprint density at radius 1 is 1.44 bits per heavy atom. The van der Waals surface area contributed by atoms with E-state index in [1.807, 2.05) is 0 Å². The van der Waals surface area contributed by atoms with Crippen LogP contribution in [-0.4, -0.2) is 32.4 Å². The van der Waals surface area contributed by atoms with Crippen molar-refractivity contribution in [1.82, 2.24) is 0 Å². The van der Waals surface area contributed by atoms with Crippen molar-refractivity contribution in [3.05, 3.63) is 24.3 Å². The fraction of sp³-hybridized carbons (Fsp3) is 0.364. The summed E-state index contributed by atoms with van der Waals surface area (Å²) in [7, 11) is -2.30. The summed E-state index contributed by atoms with van der Waals surface area (Å²) in [4.78, 5) is 10.6. The van der Waals surface area contributed by atoms with Gasteiger partial charge in [0, 0.05) is 0 Å². The topological polar surface area (TPSA) is 92.7 Å². The molecule has 7 heteroatoms. The second kappa shape index (κ2) is 5.72. The first-order valence-corrected chi connectivity index (χ1v) is 6.87. The van der Waals surface area contributed by atoms with Crippen LogP contribution in [0.3, 0.4) is 0 Å². The molecule has 0 amide bonds. The number of ether oxygens (including phenoxy) is 1. The average Bonchev–Trinajstić information content (AvgIpc) is 2.28. The van der Waals surface area contributed by atoms with Gasteiger partial charge in [-0.05, 0) is 12.1 Å². The summed E-state index contributed by atoms with van der Waals surface area (Å²) in [5.74, 6) is -2.23. The lowest BCUT2D eigenvalue weighted by atomic mass is 10.2. The minimum Gasteiger partial charge on any atom is -0.495 e. The number of benzene rings is 1. The van der Waals surface area contributed by atoms with Gasteiger partial charge in [-0.25, -0.2) is 8.42 Å². The molecule has 0 saturated heterocycles. The fourth-order valence-electron chi connectivity index (χ4n) is 1.34. The Labute approximate surface area is 106 Å². The molecule has 0 aliphatic rings. The van der Waals surface area contributed by atoms with E-state index in [1.54, 1.807) is 24.3 Å². The van der Waals surface area contributed by atoms with Gasteiger partial charge in [0.1, 0.15) is 5.75 Å². The van der Waals surface area contributed by atoms with Crippen molar-refractivity contribution in [1.29, 1.82) is 0 Å². The molecule has 1 aromatic rings. The maximum Gasteiger partial charge on any atom is 0.307 e. The minimum absolute atomic E-state index is 0.289. The maximum atomic E-state index is 11.8. The third-order valence-electron chi connectivity index (χ3n) is 2.26. The van der Waals surface area contributed by atoms with Crippen LogP contribution in [0.5, 0.6) is 5.75 Å². The summed E-state index contributed by atoms with van der Waals surface area (Å²) >= 11 is 0. The van der Waals surface area contributed by atoms with E-state index in [2.05, 4.69) is 4.72 Å². The number of para-hydroxylation sites is 2. The van der Waals surface area contributed by atoms with Crippen LogP contribution in [-0.2, 0) is 14.8 Å². The maximum absolute atomic E-state index is 11.8. The summed E-state index contributed by atoms with van der Waals surface area (Å²) in [6.07, 6.45) is 0. The van der Waals surface area contributed by atoms with Crippen molar-refractivity contribution in [2.75, 3.05) is 17.6 Å². The van der Waals surface area contributed by atoms with Crippen molar-refractivity contribution < 1.29 is 23.1 Å². The predicted octanol–water partition coefficient (Wildman–Crippen LogP) is 1.16. The van der Waals surface area contributed by atoms with Gasteiger partial charge in [0.25, 0.3) is 0 Å². The van der Waals surface area contributed by atoms with Crippen molar-refractivity contribution in [3.8, 4) is 5.75 Å². The first kappa shape index (κ1) is 14.3. The molecule has 2 N–H and O–H groups in total. The quantitative estimate of drug-likeness (QED) is 0.811. The van der Waals surface area contributed by atoms with Gasteiger partial charge in [0.05, 0.1) is 24.5 Å². The number of anilines is 1. The highest BCUT2D eigenvalue weighted by Crippen LogP contribution is 2.24. The molecule has 18 heavy (non-hydrogen) atoms. The lowest BCUT2D eigenvalue weighted by Gasteiger charge is -2.12. The molecular weight excluding hydrogens is 258 g/mol. The van der Waals surface area contributed by atoms with E-state index >= 15 is 0 Å². The number of methoxy groups -OCH3 is 1. The van der Waals surface area contributed by atoms with Crippen LogP contribution in [0, 0.1) is 5.92 Å². The largest absolute Gasteiger partial charge is 0.495 e. The van der Waals surface area contributed by atoms with Gasteiger partial charge in [-0.15, -0.1) is 0 Å². The fourth-order valence-corrected chi connectivity index (χ4v) is 2.73. The molecule has 1 unspecified atom stereocenters. The number of rotatable bonds is 6. The van der Waals surface area contributed by atoms with Crippen LogP contribution in [0.25, 0.3) is 0 Å². The molecule has 0 radical (unpaired) electrons. The second-order valence-electron chi connectivity index (χ2n) is 3.82. The Hall–Kier alpha value is -1.76. The van der Waals surface area contributed by atoms with E-state index in [0.29, 0.717) is 5.75 Å². The molecular formula is C11H15NO5S. The first-order chi connectivity index (χ1) is 8.35. The smallest absolute Gasteiger partial charge is 0.307 e. The Balaban J connectivity index is 2.86. The molecule has 0 aliphatic heterocycles. The summed E-state index contributed by atoms with van der Waals surface area (Å²) < 4.78 is 30.8. The molecule has 0 spiro atoms. The van der Waals surface area contributed by atoms with Gasteiger partial charge >= 0.3 is 5.97 Å². The second-order valence-corrected chi connectivity index (χ2v) is 5.59. The van der Waals surface area contributed by atoms with Crippen LogP contribution in [0.15, 0.2) is 24.3 Å². The van der Waals surface area contributed by atoms with Crippen LogP contribution in [0.2, 0.25) is 0 Å². The first-order valence-electron chi connectivity index (χ1n) is 5.22. The average molecular weight is 273 g/mol. The Bertz CT molecular complexity index is 526. The van der Waals surface area contributed by atoms with Gasteiger partial charge in [0.2, 0.25) is 10.0 Å². The molecule has 0 saturated carbocycles. The lowest BCUT2D eigenvalue weighted by molar-refractivity contribution is -0.140. The van der Waals surface area contributed by atoms with Crippen LogP contribution < -0.4 is 9.46 Å². The third kappa shape index (κ3) is 3.92. The van der Waals surface area contributed by atoms with Crippen LogP contribution in [0.1, 0.15) is 6.92 Å². The number of aliphatic carboxylic acids is 1. The number of carboxylic acid groups (broad SMARTS) is 1. The van der Waals surface area contributed by atoms with Crippen LogP contribution in [0.4, 0.5) is 5.69 Å². The highest BCUT2D eigenvalue weighted by atomic mass is 32.2. The van der Waals surface area contributed by atoms with Gasteiger partial charge in [-0.3, -0.25) is 9.52 Å². The van der Waals surface area contributed by atoms with E-state index in [4.69, 9.17) is 9.84 Å². The number of nitrogens with one attached hydrogen (secondary N) is 1. The molecule has 1 atom stereocenters. The number of hydrogen-bond acceptors (Lipinski definition) is 4. The molecule has 100 valence electrons. The Morgan fingerprint density at radius 3 is 2.61 bits per heavy atom. The Kier molecular flexibility index (Phi) is 4.55. The molecule has 0 fully saturated rings. The van der Waals surface area contributed by atoms with E-state index in [-0.39, 0.29) is 5.69 Å². The molecule has 1 rings (SSSR count). The Morgan fingerprint density at radius 2 is 2.06 bits per heavy atom. The minimum atomic E-state index is -3.72. The molecule has 0 heterocycles. The summed E-state index contributed by atoms with van der Waals surface area (Å²) in [5, 5.41) is 8.70. The lowest BCUT2D eigenvalue weighted by Crippen LogP contribution is -2.25. The SMILES string of the molecule is COc1ccccc1NS(=O)(=O)CC(C)C(=O)O. The molecule has 1 aromatic carbocycles. The summed E-state index contributed by atoms with van der Waals surface area (Å²) in [5.41, 5.74) is 0.289. The molecule has 6 nitrogen and oxygen atoms in total. The van der Waals surface area contributed by atoms with Gasteiger partial charge in [-0.2, -0.15) is 0 Å². The zero-order valence-corrected chi connectivity index (χ0v) is 10.9. The van der Waals surface area contributed by atoms with Gasteiger partial charge in [-0.1, -0.05) is 19.1 Å². The third-order valence-corrected chi connectivity index (χ3v) is 3.73. The highest BCUT2D eigenvalue weighted by Gasteiger charge is 2.21. The highest BCUT2D eigenvalue weighted by molar-refractivity contribution is 7.92. The zero-order valence-electron chi connectivity index (χ0n) is 10.1. The number of carboxylic acids is 1. The standard InChI is InChI=1S/C11H15NO5S/c1-8(11(13)14)7-18(15,16)12-9-5-3-4-6-10(9)17-2/h3-6,8,12H,7H2,1-2H3,(H,13,14). The molecule has 0 aromatic heterocycles. The van der Waals surface area contributed by atoms with Crippen molar-refractivity contribution in [2.24, 2.45) is 5.92 Å². The van der Waals surface area contributed by atoms with E-state index in [9.17, 15) is 13.2 Å². The number of carbonyl (C=O) groups is 1.